The Labute approximate surface area is 161 Å². The summed E-state index contributed by atoms with van der Waals surface area (Å²) < 4.78 is 9.42. The van der Waals surface area contributed by atoms with Crippen LogP contribution in [-0.2, 0) is 24.4 Å². The largest absolute Gasteiger partial charge is 0.444 e. The number of carbonyl (C=O) groups is 1. The van der Waals surface area contributed by atoms with Gasteiger partial charge < -0.3 is 10.1 Å². The third-order valence-electron chi connectivity index (χ3n) is 3.86. The summed E-state index contributed by atoms with van der Waals surface area (Å²) in [5.74, 6) is 0. The zero-order chi connectivity index (χ0) is 18.9. The van der Waals surface area contributed by atoms with Crippen LogP contribution in [0.15, 0.2) is 18.2 Å². The highest BCUT2D eigenvalue weighted by Crippen LogP contribution is 2.29. The fourth-order valence-electron chi connectivity index (χ4n) is 2.68. The van der Waals surface area contributed by atoms with Crippen molar-refractivity contribution < 1.29 is 9.53 Å². The SMILES string of the molecule is CC(C)(C)OC(=O)N1Cc2ccc(CNc3snc(Cl)c3C#N)cc2C1. The summed E-state index contributed by atoms with van der Waals surface area (Å²) in [6.07, 6.45) is -0.300. The monoisotopic (exact) mass is 390 g/mol. The molecule has 0 atom stereocenters. The highest BCUT2D eigenvalue weighted by Gasteiger charge is 2.27. The summed E-state index contributed by atoms with van der Waals surface area (Å²) in [4.78, 5) is 13.9. The number of ether oxygens (including phenoxy) is 1. The molecule has 0 radical (unpaired) electrons. The van der Waals surface area contributed by atoms with Crippen LogP contribution in [0.25, 0.3) is 0 Å². The molecule has 26 heavy (non-hydrogen) atoms. The van der Waals surface area contributed by atoms with E-state index in [2.05, 4.69) is 21.8 Å². The molecule has 0 unspecified atom stereocenters. The van der Waals surface area contributed by atoms with Crippen molar-refractivity contribution >= 4 is 34.2 Å². The molecule has 0 bridgehead atoms. The minimum Gasteiger partial charge on any atom is -0.444 e. The number of hydrogen-bond donors (Lipinski definition) is 1. The van der Waals surface area contributed by atoms with E-state index >= 15 is 0 Å². The first kappa shape index (κ1) is 18.5. The van der Waals surface area contributed by atoms with Gasteiger partial charge in [0.05, 0.1) is 0 Å². The molecule has 0 aliphatic carbocycles. The minimum absolute atomic E-state index is 0.224. The van der Waals surface area contributed by atoms with Crippen molar-refractivity contribution in [2.45, 2.75) is 46.0 Å². The van der Waals surface area contributed by atoms with Gasteiger partial charge in [0.25, 0.3) is 0 Å². The second-order valence-electron chi connectivity index (χ2n) is 7.08. The van der Waals surface area contributed by atoms with E-state index in [4.69, 9.17) is 21.6 Å². The van der Waals surface area contributed by atoms with Crippen molar-refractivity contribution in [2.75, 3.05) is 5.32 Å². The molecular weight excluding hydrogens is 372 g/mol. The van der Waals surface area contributed by atoms with Crippen molar-refractivity contribution in [2.24, 2.45) is 0 Å². The van der Waals surface area contributed by atoms with Gasteiger partial charge in [-0.25, -0.2) is 4.79 Å². The Kier molecular flexibility index (Phi) is 5.08. The lowest BCUT2D eigenvalue weighted by Crippen LogP contribution is -2.33. The first-order valence-electron chi connectivity index (χ1n) is 8.14. The summed E-state index contributed by atoms with van der Waals surface area (Å²) in [5.41, 5.74) is 3.16. The number of benzene rings is 1. The zero-order valence-corrected chi connectivity index (χ0v) is 16.4. The Balaban J connectivity index is 1.65. The molecule has 1 aliphatic heterocycles. The fraction of sp³-hybridized carbons (Fsp3) is 0.389. The molecule has 1 aromatic carbocycles. The number of nitriles is 1. The molecule has 1 aliphatic rings. The number of nitrogens with one attached hydrogen (secondary N) is 1. The van der Waals surface area contributed by atoms with Gasteiger partial charge in [0.15, 0.2) is 5.15 Å². The van der Waals surface area contributed by atoms with Gasteiger partial charge in [-0.15, -0.1) is 0 Å². The van der Waals surface area contributed by atoms with Crippen LogP contribution in [0.2, 0.25) is 5.15 Å². The second kappa shape index (κ2) is 7.14. The Morgan fingerprint density at radius 1 is 1.42 bits per heavy atom. The van der Waals surface area contributed by atoms with Crippen LogP contribution in [0.5, 0.6) is 0 Å². The van der Waals surface area contributed by atoms with Gasteiger partial charge in [0.2, 0.25) is 0 Å². The van der Waals surface area contributed by atoms with Crippen LogP contribution in [-0.4, -0.2) is 21.0 Å². The average Bonchev–Trinajstić information content (AvgIpc) is 3.14. The van der Waals surface area contributed by atoms with Crippen molar-refractivity contribution in [3.8, 4) is 6.07 Å². The number of rotatable bonds is 3. The van der Waals surface area contributed by atoms with Crippen LogP contribution in [0, 0.1) is 11.3 Å². The summed E-state index contributed by atoms with van der Waals surface area (Å²) >= 11 is 7.05. The third-order valence-corrected chi connectivity index (χ3v) is 5.04. The summed E-state index contributed by atoms with van der Waals surface area (Å²) in [7, 11) is 0. The number of hydrogen-bond acceptors (Lipinski definition) is 6. The predicted octanol–water partition coefficient (Wildman–Crippen LogP) is 4.53. The van der Waals surface area contributed by atoms with E-state index < -0.39 is 5.60 Å². The van der Waals surface area contributed by atoms with Gasteiger partial charge in [-0.2, -0.15) is 9.64 Å². The van der Waals surface area contributed by atoms with E-state index in [0.29, 0.717) is 30.2 Å². The van der Waals surface area contributed by atoms with Gasteiger partial charge in [0, 0.05) is 19.6 Å². The number of carbonyl (C=O) groups excluding carboxylic acids is 1. The van der Waals surface area contributed by atoms with E-state index in [9.17, 15) is 4.79 Å². The van der Waals surface area contributed by atoms with E-state index in [0.717, 1.165) is 16.7 Å². The molecule has 0 fully saturated rings. The number of fused-ring (bicyclic) bond motifs is 1. The molecule has 136 valence electrons. The molecule has 0 saturated heterocycles. The summed E-state index contributed by atoms with van der Waals surface area (Å²) in [6, 6.07) is 8.17. The smallest absolute Gasteiger partial charge is 0.410 e. The highest BCUT2D eigenvalue weighted by molar-refractivity contribution is 7.10. The van der Waals surface area contributed by atoms with E-state index in [-0.39, 0.29) is 11.2 Å². The molecule has 1 aromatic heterocycles. The Morgan fingerprint density at radius 3 is 2.85 bits per heavy atom. The van der Waals surface area contributed by atoms with E-state index in [1.807, 2.05) is 32.9 Å². The molecule has 2 aromatic rings. The standard InChI is InChI=1S/C18H19ClN4O2S/c1-18(2,3)25-17(24)23-9-12-5-4-11(6-13(12)10-23)8-21-16-14(7-20)15(19)22-26-16/h4-6,21H,8-10H2,1-3H3. The van der Waals surface area contributed by atoms with Crippen LogP contribution in [0.3, 0.4) is 0 Å². The van der Waals surface area contributed by atoms with Gasteiger partial charge in [-0.05, 0) is 49.0 Å². The molecule has 2 heterocycles. The van der Waals surface area contributed by atoms with Crippen molar-refractivity contribution in [1.82, 2.24) is 9.27 Å². The first-order valence-corrected chi connectivity index (χ1v) is 9.29. The van der Waals surface area contributed by atoms with Gasteiger partial charge in [-0.1, -0.05) is 29.8 Å². The zero-order valence-electron chi connectivity index (χ0n) is 14.8. The average molecular weight is 391 g/mol. The Morgan fingerprint density at radius 2 is 2.15 bits per heavy atom. The maximum atomic E-state index is 12.2. The summed E-state index contributed by atoms with van der Waals surface area (Å²) in [6.45, 7) is 7.22. The number of halogens is 1. The number of nitrogens with zero attached hydrogens (tertiary/aromatic N) is 3. The molecule has 3 rings (SSSR count). The molecule has 8 heteroatoms. The molecule has 1 N–H and O–H groups in total. The second-order valence-corrected chi connectivity index (χ2v) is 8.21. The number of anilines is 1. The lowest BCUT2D eigenvalue weighted by molar-refractivity contribution is 0.0242. The highest BCUT2D eigenvalue weighted by atomic mass is 35.5. The molecule has 0 saturated carbocycles. The maximum absolute atomic E-state index is 12.2. The lowest BCUT2D eigenvalue weighted by Gasteiger charge is -2.24. The molecule has 6 nitrogen and oxygen atoms in total. The first-order chi connectivity index (χ1) is 12.3. The van der Waals surface area contributed by atoms with Crippen LogP contribution >= 0.6 is 23.1 Å². The van der Waals surface area contributed by atoms with Crippen LogP contribution in [0.4, 0.5) is 9.80 Å². The van der Waals surface area contributed by atoms with Crippen LogP contribution < -0.4 is 5.32 Å². The Hall–Kier alpha value is -2.30. The summed E-state index contributed by atoms with van der Waals surface area (Å²) in [5, 5.41) is 13.2. The topological polar surface area (TPSA) is 78.2 Å². The minimum atomic E-state index is -0.505. The maximum Gasteiger partial charge on any atom is 0.410 e. The number of aromatic nitrogens is 1. The predicted molar refractivity (Wildman–Crippen MR) is 101 cm³/mol. The molecule has 1 amide bonds. The van der Waals surface area contributed by atoms with Crippen molar-refractivity contribution in [1.29, 1.82) is 5.26 Å². The molecular formula is C18H19ClN4O2S. The number of amides is 1. The van der Waals surface area contributed by atoms with E-state index in [1.165, 1.54) is 11.5 Å². The van der Waals surface area contributed by atoms with E-state index in [1.54, 1.807) is 4.90 Å². The molecule has 0 spiro atoms. The Bertz CT molecular complexity index is 882. The van der Waals surface area contributed by atoms with Crippen molar-refractivity contribution in [3.63, 3.8) is 0 Å². The van der Waals surface area contributed by atoms with Gasteiger partial charge in [0.1, 0.15) is 22.2 Å². The third kappa shape index (κ3) is 4.09. The van der Waals surface area contributed by atoms with Crippen molar-refractivity contribution in [3.05, 3.63) is 45.6 Å². The van der Waals surface area contributed by atoms with Gasteiger partial charge >= 0.3 is 6.09 Å². The fourth-order valence-corrected chi connectivity index (χ4v) is 3.61. The van der Waals surface area contributed by atoms with Gasteiger partial charge in [-0.3, -0.25) is 4.90 Å². The quantitative estimate of drug-likeness (QED) is 0.832. The lowest BCUT2D eigenvalue weighted by atomic mass is 10.1. The normalized spacial score (nSPS) is 13.3. The van der Waals surface area contributed by atoms with Crippen LogP contribution in [0.1, 0.15) is 43.0 Å².